The molecule has 0 aromatic rings. The van der Waals surface area contributed by atoms with Crippen LogP contribution in [0.5, 0.6) is 0 Å². The number of hydrogen-bond donors (Lipinski definition) is 3. The van der Waals surface area contributed by atoms with Gasteiger partial charge in [-0.15, -0.1) is 0 Å². The van der Waals surface area contributed by atoms with Gasteiger partial charge in [0.15, 0.2) is 6.10 Å². The Hall–Kier alpha value is -1.52. The van der Waals surface area contributed by atoms with Crippen molar-refractivity contribution >= 4 is 25.7 Å². The van der Waals surface area contributed by atoms with E-state index < -0.39 is 51.1 Å². The molecule has 4 N–H and O–H groups in total. The van der Waals surface area contributed by atoms with E-state index in [1.54, 1.807) is 0 Å². The van der Waals surface area contributed by atoms with Gasteiger partial charge in [0.1, 0.15) is 12.6 Å². The smallest absolute Gasteiger partial charge is 0.472 e. The van der Waals surface area contributed by atoms with Crippen molar-refractivity contribution in [1.29, 1.82) is 0 Å². The maximum absolute atomic E-state index is 12.1. The largest absolute Gasteiger partial charge is 0.480 e. The minimum absolute atomic E-state index is 0.224. The summed E-state index contributed by atoms with van der Waals surface area (Å²) in [4.78, 5) is 43.9. The lowest BCUT2D eigenvalue weighted by molar-refractivity contribution is -0.159. The van der Waals surface area contributed by atoms with Crippen LogP contribution in [0.4, 0.5) is 0 Å². The van der Waals surface area contributed by atoms with E-state index in [1.165, 1.54) is 173 Å². The quantitative estimate of drug-likeness (QED) is 0.0305. The van der Waals surface area contributed by atoms with Gasteiger partial charge in [-0.1, -0.05) is 200 Å². The summed E-state index contributed by atoms with van der Waals surface area (Å²) in [5, 5.41) is 8.73. The van der Waals surface area contributed by atoms with E-state index in [9.17, 15) is 23.8 Å². The fourth-order valence-corrected chi connectivity index (χ4v) is 7.32. The van der Waals surface area contributed by atoms with Crippen molar-refractivity contribution in [2.45, 2.75) is 231 Å². The number of esters is 2. The highest BCUT2D eigenvalue weighted by atomic mass is 31.2. The van der Waals surface area contributed by atoms with Crippen LogP contribution < -0.4 is 5.73 Å². The summed E-state index contributed by atoms with van der Waals surface area (Å²) in [5.74, 6) is -2.56. The average Bonchev–Trinajstić information content (AvgIpc) is 3.13. The molecule has 0 saturated carbocycles. The summed E-state index contributed by atoms with van der Waals surface area (Å²) in [6.07, 6.45) is 40.7. The summed E-state index contributed by atoms with van der Waals surface area (Å²) < 4.78 is 31.4. The number of hydrogen-bond acceptors (Lipinski definition) is 9. The fraction of sp³-hybridized carbons (Fsp3) is 0.929. The Morgan fingerprint density at radius 2 is 0.852 bits per heavy atom. The Balaban J connectivity index is 3.50. The van der Waals surface area contributed by atoms with Gasteiger partial charge in [0.2, 0.25) is 0 Å². The van der Waals surface area contributed by atoms with Crippen molar-refractivity contribution in [3.8, 4) is 0 Å². The Kier molecular flexibility index (Phi) is 37.3. The van der Waals surface area contributed by atoms with Crippen molar-refractivity contribution in [2.75, 3.05) is 19.8 Å². The third-order valence-corrected chi connectivity index (χ3v) is 10.9. The highest BCUT2D eigenvalue weighted by Crippen LogP contribution is 2.43. The molecule has 0 aliphatic rings. The van der Waals surface area contributed by atoms with Crippen molar-refractivity contribution in [3.05, 3.63) is 0 Å². The predicted octanol–water partition coefficient (Wildman–Crippen LogP) is 11.5. The molecule has 0 aromatic heterocycles. The molecule has 0 aliphatic heterocycles. The van der Waals surface area contributed by atoms with Gasteiger partial charge in [-0.2, -0.15) is 0 Å². The van der Waals surface area contributed by atoms with Crippen molar-refractivity contribution in [3.63, 3.8) is 0 Å². The zero-order chi connectivity index (χ0) is 40.0. The maximum atomic E-state index is 12.1. The van der Waals surface area contributed by atoms with Crippen LogP contribution in [0.1, 0.15) is 219 Å². The zero-order valence-corrected chi connectivity index (χ0v) is 35.5. The monoisotopic (exact) mass is 792 g/mol. The second-order valence-electron chi connectivity index (χ2n) is 15.3. The molecule has 0 radical (unpaired) electrons. The Morgan fingerprint density at radius 3 is 1.17 bits per heavy atom. The van der Waals surface area contributed by atoms with Gasteiger partial charge in [-0.25, -0.2) is 4.57 Å². The van der Waals surface area contributed by atoms with Gasteiger partial charge in [0, 0.05) is 13.3 Å². The van der Waals surface area contributed by atoms with E-state index in [0.29, 0.717) is 6.42 Å². The lowest BCUT2D eigenvalue weighted by Gasteiger charge is -2.19. The van der Waals surface area contributed by atoms with Gasteiger partial charge in [0.05, 0.1) is 13.2 Å². The molecule has 0 saturated heterocycles. The summed E-state index contributed by atoms with van der Waals surface area (Å²) in [5.41, 5.74) is 5.23. The van der Waals surface area contributed by atoms with Gasteiger partial charge in [-0.3, -0.25) is 23.4 Å². The van der Waals surface area contributed by atoms with Crippen LogP contribution in [-0.4, -0.2) is 59.9 Å². The molecule has 54 heavy (non-hydrogen) atoms. The first kappa shape index (κ1) is 52.5. The van der Waals surface area contributed by atoms with Gasteiger partial charge < -0.3 is 25.2 Å². The normalized spacial score (nSPS) is 13.7. The van der Waals surface area contributed by atoms with Crippen LogP contribution in [0.25, 0.3) is 0 Å². The third-order valence-electron chi connectivity index (χ3n) is 9.91. The molecule has 0 aliphatic carbocycles. The molecule has 1 unspecified atom stereocenters. The molecule has 0 aromatic carbocycles. The fourth-order valence-electron chi connectivity index (χ4n) is 6.54. The van der Waals surface area contributed by atoms with Crippen LogP contribution in [0.3, 0.4) is 0 Å². The molecule has 320 valence electrons. The molecule has 0 amide bonds. The number of phosphoric acid groups is 1. The zero-order valence-electron chi connectivity index (χ0n) is 34.6. The lowest BCUT2D eigenvalue weighted by atomic mass is 10.0. The first-order valence-electron chi connectivity index (χ1n) is 22.0. The molecular formula is C42H82NO10P. The van der Waals surface area contributed by atoms with Crippen molar-refractivity contribution in [2.24, 2.45) is 5.73 Å². The number of carboxylic acids is 1. The summed E-state index contributed by atoms with van der Waals surface area (Å²) >= 11 is 0. The number of carbonyl (C=O) groups is 3. The highest BCUT2D eigenvalue weighted by molar-refractivity contribution is 7.47. The Morgan fingerprint density at radius 1 is 0.537 bits per heavy atom. The van der Waals surface area contributed by atoms with Crippen LogP contribution in [0.2, 0.25) is 0 Å². The van der Waals surface area contributed by atoms with Crippen LogP contribution >= 0.6 is 7.82 Å². The number of carboxylic acid groups (broad SMARTS) is 1. The second-order valence-corrected chi connectivity index (χ2v) is 16.7. The maximum Gasteiger partial charge on any atom is 0.472 e. The average molecular weight is 792 g/mol. The summed E-state index contributed by atoms with van der Waals surface area (Å²) in [7, 11) is -4.66. The van der Waals surface area contributed by atoms with Gasteiger partial charge in [0.25, 0.3) is 0 Å². The number of ether oxygens (including phenoxy) is 2. The number of nitrogens with two attached hydrogens (primary N) is 1. The Labute approximate surface area is 329 Å². The molecule has 12 heteroatoms. The number of phosphoric ester groups is 1. The molecule has 11 nitrogen and oxygen atoms in total. The minimum atomic E-state index is -4.66. The topological polar surface area (TPSA) is 172 Å². The number of aliphatic carboxylic acids is 1. The summed E-state index contributed by atoms with van der Waals surface area (Å²) in [6.45, 7) is 1.72. The molecule has 0 heterocycles. The number of rotatable bonds is 42. The predicted molar refractivity (Wildman–Crippen MR) is 217 cm³/mol. The minimum Gasteiger partial charge on any atom is -0.480 e. The molecule has 0 bridgehead atoms. The van der Waals surface area contributed by atoms with Crippen molar-refractivity contribution in [1.82, 2.24) is 0 Å². The van der Waals surface area contributed by atoms with Gasteiger partial charge in [-0.05, 0) is 6.42 Å². The van der Waals surface area contributed by atoms with Crippen molar-refractivity contribution < 1.29 is 47.5 Å². The first-order chi connectivity index (χ1) is 26.1. The molecule has 0 spiro atoms. The van der Waals surface area contributed by atoms with Crippen LogP contribution in [-0.2, 0) is 37.5 Å². The molecule has 0 rings (SSSR count). The number of carbonyl (C=O) groups excluding carboxylic acids is 2. The second kappa shape index (κ2) is 38.4. The number of unbranched alkanes of at least 4 members (excludes halogenated alkanes) is 30. The van der Waals surface area contributed by atoms with E-state index in [4.69, 9.17) is 24.8 Å². The Bertz CT molecular complexity index is 937. The molecule has 0 fully saturated rings. The lowest BCUT2D eigenvalue weighted by Crippen LogP contribution is -2.34. The first-order valence-corrected chi connectivity index (χ1v) is 23.5. The highest BCUT2D eigenvalue weighted by Gasteiger charge is 2.27. The van der Waals surface area contributed by atoms with E-state index in [-0.39, 0.29) is 13.0 Å². The van der Waals surface area contributed by atoms with Crippen LogP contribution in [0, 0.1) is 0 Å². The van der Waals surface area contributed by atoms with Gasteiger partial charge >= 0.3 is 25.7 Å². The van der Waals surface area contributed by atoms with E-state index in [0.717, 1.165) is 26.2 Å². The van der Waals surface area contributed by atoms with E-state index in [2.05, 4.69) is 11.4 Å². The third kappa shape index (κ3) is 38.7. The summed E-state index contributed by atoms with van der Waals surface area (Å²) in [6, 6.07) is -1.51. The van der Waals surface area contributed by atoms with E-state index >= 15 is 0 Å². The molecule has 3 atom stereocenters. The standard InChI is InChI=1S/C42H82NO10P/c1-3-4-5-6-7-8-9-10-11-12-13-14-15-16-17-18-19-20-21-22-23-24-25-26-27-28-29-30-31-32-33-34-41(45)50-35-39(53-38(2)44)36-51-54(48,49)52-37-40(43)42(46)47/h39-40H,3-37,43H2,1-2H3,(H,46,47)(H,48,49)/t39-,40+/m1/s1. The van der Waals surface area contributed by atoms with Crippen LogP contribution in [0.15, 0.2) is 0 Å². The van der Waals surface area contributed by atoms with E-state index in [1.807, 2.05) is 0 Å². The molecular weight excluding hydrogens is 709 g/mol. The SMILES string of the molecule is CCCCCCCCCCCCCCCCCCCCCCCCCCCCCCCCCC(=O)OC[C@H](COP(=O)(O)OC[C@H](N)C(=O)O)OC(C)=O.